The first-order valence-corrected chi connectivity index (χ1v) is 10.1. The van der Waals surface area contributed by atoms with E-state index in [0.29, 0.717) is 23.6 Å². The zero-order valence-electron chi connectivity index (χ0n) is 17.7. The van der Waals surface area contributed by atoms with Gasteiger partial charge in [-0.25, -0.2) is 4.98 Å². The molecule has 2 aromatic heterocycles. The number of amides is 2. The van der Waals surface area contributed by atoms with Gasteiger partial charge in [-0.2, -0.15) is 5.26 Å². The average molecular weight is 422 g/mol. The van der Waals surface area contributed by atoms with Crippen LogP contribution in [0, 0.1) is 17.2 Å². The molecule has 0 radical (unpaired) electrons. The first-order chi connectivity index (χ1) is 14.9. The van der Waals surface area contributed by atoms with Gasteiger partial charge in [0, 0.05) is 23.5 Å². The van der Waals surface area contributed by atoms with Gasteiger partial charge in [-0.3, -0.25) is 9.59 Å². The van der Waals surface area contributed by atoms with Gasteiger partial charge in [0.1, 0.15) is 23.5 Å². The van der Waals surface area contributed by atoms with Gasteiger partial charge in [0.15, 0.2) is 0 Å². The van der Waals surface area contributed by atoms with E-state index in [4.69, 9.17) is 4.74 Å². The molecule has 4 N–H and O–H groups in total. The standard InChI is InChI=1S/C22H26N6O3/c1-13(2)7-18(21(29)26-14(10-23)8-15-11-24-12-25-15)28-22(30)19-9-16-17(27-19)5-4-6-20(16)31-3/h4-6,9,11-14,18,27H,7-8H2,1-3H3,(H,24,25)(H,26,29)(H,28,30)/t14-,18-/m0/s1. The molecule has 0 fully saturated rings. The Labute approximate surface area is 180 Å². The normalized spacial score (nSPS) is 12.9. The van der Waals surface area contributed by atoms with Crippen molar-refractivity contribution in [2.75, 3.05) is 7.11 Å². The van der Waals surface area contributed by atoms with E-state index in [-0.39, 0.29) is 12.3 Å². The number of carbonyl (C=O) groups is 2. The van der Waals surface area contributed by atoms with Gasteiger partial charge in [0.25, 0.3) is 5.91 Å². The minimum absolute atomic E-state index is 0.158. The lowest BCUT2D eigenvalue weighted by Crippen LogP contribution is -2.50. The lowest BCUT2D eigenvalue weighted by atomic mass is 10.0. The molecule has 0 unspecified atom stereocenters. The second-order valence-corrected chi connectivity index (χ2v) is 7.72. The number of hydrogen-bond acceptors (Lipinski definition) is 5. The van der Waals surface area contributed by atoms with Crippen molar-refractivity contribution in [3.05, 3.63) is 48.2 Å². The predicted octanol–water partition coefficient (Wildman–Crippen LogP) is 2.30. The van der Waals surface area contributed by atoms with Gasteiger partial charge in [0.2, 0.25) is 5.91 Å². The number of ether oxygens (including phenoxy) is 1. The molecule has 0 saturated carbocycles. The number of methoxy groups -OCH3 is 1. The third-order valence-electron chi connectivity index (χ3n) is 4.86. The first kappa shape index (κ1) is 21.9. The molecule has 2 heterocycles. The van der Waals surface area contributed by atoms with E-state index in [9.17, 15) is 14.9 Å². The van der Waals surface area contributed by atoms with E-state index in [1.54, 1.807) is 19.4 Å². The minimum atomic E-state index is -0.782. The Hall–Kier alpha value is -3.80. The Morgan fingerprint density at radius 2 is 2.10 bits per heavy atom. The molecule has 162 valence electrons. The van der Waals surface area contributed by atoms with E-state index in [1.165, 1.54) is 6.33 Å². The summed E-state index contributed by atoms with van der Waals surface area (Å²) in [6, 6.07) is 7.73. The van der Waals surface area contributed by atoms with Gasteiger partial charge in [-0.05, 0) is 30.5 Å². The van der Waals surface area contributed by atoms with Crippen LogP contribution in [0.25, 0.3) is 10.9 Å². The molecular formula is C22H26N6O3. The van der Waals surface area contributed by atoms with Gasteiger partial charge in [0.05, 0.1) is 25.2 Å². The van der Waals surface area contributed by atoms with Crippen molar-refractivity contribution < 1.29 is 14.3 Å². The molecule has 1 aromatic carbocycles. The van der Waals surface area contributed by atoms with E-state index < -0.39 is 23.9 Å². The molecule has 31 heavy (non-hydrogen) atoms. The number of aromatic nitrogens is 3. The Morgan fingerprint density at radius 3 is 2.74 bits per heavy atom. The number of hydrogen-bond donors (Lipinski definition) is 4. The maximum absolute atomic E-state index is 12.9. The molecule has 0 bridgehead atoms. The highest BCUT2D eigenvalue weighted by Gasteiger charge is 2.26. The lowest BCUT2D eigenvalue weighted by Gasteiger charge is -2.21. The van der Waals surface area contributed by atoms with Crippen LogP contribution >= 0.6 is 0 Å². The van der Waals surface area contributed by atoms with Crippen LogP contribution in [0.5, 0.6) is 5.75 Å². The number of benzene rings is 1. The number of nitrogens with zero attached hydrogens (tertiary/aromatic N) is 2. The number of rotatable bonds is 9. The summed E-state index contributed by atoms with van der Waals surface area (Å²) in [6.45, 7) is 3.93. The lowest BCUT2D eigenvalue weighted by molar-refractivity contribution is -0.123. The van der Waals surface area contributed by atoms with Crippen LogP contribution in [-0.4, -0.2) is 46.0 Å². The van der Waals surface area contributed by atoms with Gasteiger partial charge in [-0.15, -0.1) is 0 Å². The summed E-state index contributed by atoms with van der Waals surface area (Å²) in [6.07, 6.45) is 3.90. The Kier molecular flexibility index (Phi) is 6.92. The molecule has 0 aliphatic rings. The number of fused-ring (bicyclic) bond motifs is 1. The van der Waals surface area contributed by atoms with Crippen LogP contribution in [0.2, 0.25) is 0 Å². The molecule has 3 aromatic rings. The SMILES string of the molecule is COc1cccc2[nH]c(C(=O)N[C@@H](CC(C)C)C(=O)N[C@H](C#N)Cc3c[nH]cn3)cc12. The number of nitrogens with one attached hydrogen (secondary N) is 4. The molecule has 2 amide bonds. The van der Waals surface area contributed by atoms with Crippen molar-refractivity contribution in [3.8, 4) is 11.8 Å². The third kappa shape index (κ3) is 5.42. The fourth-order valence-electron chi connectivity index (χ4n) is 3.38. The smallest absolute Gasteiger partial charge is 0.268 e. The van der Waals surface area contributed by atoms with Crippen molar-refractivity contribution >= 4 is 22.7 Å². The van der Waals surface area contributed by atoms with E-state index in [1.807, 2.05) is 32.0 Å². The van der Waals surface area contributed by atoms with Gasteiger partial charge in [-0.1, -0.05) is 19.9 Å². The van der Waals surface area contributed by atoms with E-state index in [0.717, 1.165) is 10.9 Å². The summed E-state index contributed by atoms with van der Waals surface area (Å²) >= 11 is 0. The topological polar surface area (TPSA) is 136 Å². The Morgan fingerprint density at radius 1 is 1.29 bits per heavy atom. The fraction of sp³-hybridized carbons (Fsp3) is 0.364. The minimum Gasteiger partial charge on any atom is -0.496 e. The number of carbonyl (C=O) groups excluding carboxylic acids is 2. The third-order valence-corrected chi connectivity index (χ3v) is 4.86. The van der Waals surface area contributed by atoms with Crippen molar-refractivity contribution in [2.24, 2.45) is 5.92 Å². The maximum atomic E-state index is 12.9. The molecular weight excluding hydrogens is 396 g/mol. The van der Waals surface area contributed by atoms with Crippen molar-refractivity contribution in [1.82, 2.24) is 25.6 Å². The Balaban J connectivity index is 1.73. The molecule has 3 rings (SSSR count). The molecule has 0 aliphatic carbocycles. The number of aromatic amines is 2. The van der Waals surface area contributed by atoms with E-state index >= 15 is 0 Å². The van der Waals surface area contributed by atoms with Gasteiger partial charge >= 0.3 is 0 Å². The van der Waals surface area contributed by atoms with Crippen molar-refractivity contribution in [3.63, 3.8) is 0 Å². The van der Waals surface area contributed by atoms with Crippen LogP contribution in [0.4, 0.5) is 0 Å². The number of imidazole rings is 1. The molecule has 9 nitrogen and oxygen atoms in total. The van der Waals surface area contributed by atoms with Crippen molar-refractivity contribution in [1.29, 1.82) is 5.26 Å². The number of H-pyrrole nitrogens is 2. The summed E-state index contributed by atoms with van der Waals surface area (Å²) in [5, 5.41) is 15.7. The second-order valence-electron chi connectivity index (χ2n) is 7.72. The van der Waals surface area contributed by atoms with Crippen molar-refractivity contribution in [2.45, 2.75) is 38.8 Å². The zero-order chi connectivity index (χ0) is 22.4. The van der Waals surface area contributed by atoms with Crippen LogP contribution < -0.4 is 15.4 Å². The van der Waals surface area contributed by atoms with E-state index in [2.05, 4.69) is 31.7 Å². The second kappa shape index (κ2) is 9.80. The fourth-order valence-corrected chi connectivity index (χ4v) is 3.38. The molecule has 0 aliphatic heterocycles. The largest absolute Gasteiger partial charge is 0.496 e. The number of nitriles is 1. The highest BCUT2D eigenvalue weighted by Crippen LogP contribution is 2.26. The van der Waals surface area contributed by atoms with Crippen LogP contribution in [0.3, 0.4) is 0 Å². The summed E-state index contributed by atoms with van der Waals surface area (Å²) in [5.74, 6) is 0.00271. The molecule has 2 atom stereocenters. The molecule has 9 heteroatoms. The summed E-state index contributed by atoms with van der Waals surface area (Å²) in [5.41, 5.74) is 1.76. The summed E-state index contributed by atoms with van der Waals surface area (Å²) in [7, 11) is 1.57. The maximum Gasteiger partial charge on any atom is 0.268 e. The Bertz CT molecular complexity index is 1080. The summed E-state index contributed by atoms with van der Waals surface area (Å²) in [4.78, 5) is 35.7. The predicted molar refractivity (Wildman–Crippen MR) is 115 cm³/mol. The summed E-state index contributed by atoms with van der Waals surface area (Å²) < 4.78 is 5.34. The molecule has 0 saturated heterocycles. The quantitative estimate of drug-likeness (QED) is 0.419. The van der Waals surface area contributed by atoms with Gasteiger partial charge < -0.3 is 25.3 Å². The van der Waals surface area contributed by atoms with Crippen LogP contribution in [0.1, 0.15) is 36.5 Å². The monoisotopic (exact) mass is 422 g/mol. The first-order valence-electron chi connectivity index (χ1n) is 10.1. The highest BCUT2D eigenvalue weighted by atomic mass is 16.5. The molecule has 0 spiro atoms. The average Bonchev–Trinajstić information content (AvgIpc) is 3.41. The highest BCUT2D eigenvalue weighted by molar-refractivity contribution is 6.01. The van der Waals surface area contributed by atoms with Crippen LogP contribution in [0.15, 0.2) is 36.8 Å². The zero-order valence-corrected chi connectivity index (χ0v) is 17.7. The van der Waals surface area contributed by atoms with Crippen LogP contribution in [-0.2, 0) is 11.2 Å².